The number of carbonyl (C=O) groups is 1. The zero-order valence-electron chi connectivity index (χ0n) is 11.4. The quantitative estimate of drug-likeness (QED) is 0.755. The summed E-state index contributed by atoms with van der Waals surface area (Å²) in [7, 11) is -4.02. The van der Waals surface area contributed by atoms with Crippen LogP contribution in [0.4, 0.5) is 0 Å². The van der Waals surface area contributed by atoms with Crippen LogP contribution < -0.4 is 9.92 Å². The highest BCUT2D eigenvalue weighted by Gasteiger charge is 2.21. The molecule has 1 heterocycles. The van der Waals surface area contributed by atoms with Crippen LogP contribution in [0.15, 0.2) is 53.6 Å². The van der Waals surface area contributed by atoms with E-state index in [1.54, 1.807) is 18.2 Å². The van der Waals surface area contributed by atoms with Gasteiger partial charge in [-0.1, -0.05) is 18.2 Å². The average molecular weight is 322 g/mol. The summed E-state index contributed by atoms with van der Waals surface area (Å²) >= 11 is 0. The first-order valence-electron chi connectivity index (χ1n) is 6.32. The van der Waals surface area contributed by atoms with Crippen molar-refractivity contribution in [2.45, 2.75) is 17.4 Å². The van der Waals surface area contributed by atoms with Gasteiger partial charge in [-0.15, -0.1) is 0 Å². The Bertz CT molecular complexity index is 762. The van der Waals surface area contributed by atoms with Gasteiger partial charge in [0.05, 0.1) is 5.69 Å². The molecule has 0 radical (unpaired) electrons. The van der Waals surface area contributed by atoms with E-state index in [0.29, 0.717) is 0 Å². The molecule has 0 aliphatic carbocycles. The summed E-state index contributed by atoms with van der Waals surface area (Å²) in [5.74, 6) is -1.24. The Kier molecular flexibility index (Phi) is 4.74. The Labute approximate surface area is 127 Å². The molecule has 0 fully saturated rings. The molecule has 0 aliphatic heterocycles. The lowest BCUT2D eigenvalue weighted by atomic mass is 10.1. The Morgan fingerprint density at radius 3 is 2.55 bits per heavy atom. The molecule has 0 saturated heterocycles. The molecule has 2 rings (SSSR count). The van der Waals surface area contributed by atoms with Gasteiger partial charge < -0.3 is 15.0 Å². The minimum Gasteiger partial charge on any atom is -0.480 e. The van der Waals surface area contributed by atoms with E-state index in [2.05, 4.69) is 4.98 Å². The predicted molar refractivity (Wildman–Crippen MR) is 77.8 cm³/mol. The second-order valence-corrected chi connectivity index (χ2v) is 5.99. The molecule has 0 aliphatic rings. The Balaban J connectivity index is 2.29. The van der Waals surface area contributed by atoms with Crippen molar-refractivity contribution in [3.63, 3.8) is 0 Å². The normalized spacial score (nSPS) is 12.6. The number of aliphatic carboxylic acids is 1. The summed E-state index contributed by atoms with van der Waals surface area (Å²) in [6.45, 7) is 0. The van der Waals surface area contributed by atoms with Crippen molar-refractivity contribution in [3.05, 3.63) is 54.4 Å². The van der Waals surface area contributed by atoms with Crippen molar-refractivity contribution < 1.29 is 22.5 Å². The molecule has 8 heteroatoms. The lowest BCUT2D eigenvalue weighted by molar-refractivity contribution is -0.138. The van der Waals surface area contributed by atoms with E-state index in [-0.39, 0.29) is 22.8 Å². The van der Waals surface area contributed by atoms with Crippen molar-refractivity contribution in [2.24, 2.45) is 5.73 Å². The Morgan fingerprint density at radius 2 is 1.91 bits per heavy atom. The molecular weight excluding hydrogens is 308 g/mol. The van der Waals surface area contributed by atoms with E-state index < -0.39 is 22.1 Å². The Morgan fingerprint density at radius 1 is 1.23 bits per heavy atom. The molecule has 116 valence electrons. The van der Waals surface area contributed by atoms with Gasteiger partial charge in [-0.3, -0.25) is 9.78 Å². The third-order valence-electron chi connectivity index (χ3n) is 2.81. The summed E-state index contributed by atoms with van der Waals surface area (Å²) in [4.78, 5) is 14.7. The van der Waals surface area contributed by atoms with Crippen molar-refractivity contribution in [1.29, 1.82) is 0 Å². The van der Waals surface area contributed by atoms with Crippen molar-refractivity contribution in [2.75, 3.05) is 0 Å². The standard InChI is InChI=1S/C14H14N2O5S/c15-11(14(17)18)9-12-13(7-4-8-16-12)21-22(19,20)10-5-2-1-3-6-10/h1-8,11H,9,15H2,(H,17,18). The van der Waals surface area contributed by atoms with Crippen LogP contribution in [-0.4, -0.2) is 30.5 Å². The van der Waals surface area contributed by atoms with E-state index in [1.165, 1.54) is 30.5 Å². The fraction of sp³-hybridized carbons (Fsp3) is 0.143. The summed E-state index contributed by atoms with van der Waals surface area (Å²) < 4.78 is 29.4. The molecule has 22 heavy (non-hydrogen) atoms. The summed E-state index contributed by atoms with van der Waals surface area (Å²) in [5.41, 5.74) is 5.61. The van der Waals surface area contributed by atoms with Gasteiger partial charge in [-0.25, -0.2) is 0 Å². The van der Waals surface area contributed by atoms with Crippen LogP contribution in [0.3, 0.4) is 0 Å². The molecule has 1 unspecified atom stereocenters. The number of benzene rings is 1. The van der Waals surface area contributed by atoms with Crippen LogP contribution in [0.5, 0.6) is 5.75 Å². The number of hydrogen-bond acceptors (Lipinski definition) is 6. The predicted octanol–water partition coefficient (Wildman–Crippen LogP) is 0.804. The van der Waals surface area contributed by atoms with Gasteiger partial charge in [-0.2, -0.15) is 8.42 Å². The molecule has 7 nitrogen and oxygen atoms in total. The summed E-state index contributed by atoms with van der Waals surface area (Å²) in [5, 5.41) is 8.83. The monoisotopic (exact) mass is 322 g/mol. The van der Waals surface area contributed by atoms with Crippen LogP contribution in [-0.2, 0) is 21.3 Å². The van der Waals surface area contributed by atoms with Gasteiger partial charge in [0.2, 0.25) is 0 Å². The second-order valence-electron chi connectivity index (χ2n) is 4.45. The topological polar surface area (TPSA) is 120 Å². The number of aromatic nitrogens is 1. The zero-order chi connectivity index (χ0) is 16.2. The minimum absolute atomic E-state index is 0.00710. The molecule has 1 aromatic heterocycles. The molecule has 0 spiro atoms. The van der Waals surface area contributed by atoms with Gasteiger partial charge in [0.15, 0.2) is 5.75 Å². The Hall–Kier alpha value is -2.45. The van der Waals surface area contributed by atoms with E-state index in [4.69, 9.17) is 15.0 Å². The molecular formula is C14H14N2O5S. The number of carboxylic acid groups (broad SMARTS) is 1. The van der Waals surface area contributed by atoms with Crippen molar-refractivity contribution >= 4 is 16.1 Å². The SMILES string of the molecule is NC(Cc1ncccc1OS(=O)(=O)c1ccccc1)C(=O)O. The fourth-order valence-corrected chi connectivity index (χ4v) is 2.68. The van der Waals surface area contributed by atoms with Gasteiger partial charge in [0, 0.05) is 12.6 Å². The van der Waals surface area contributed by atoms with Gasteiger partial charge in [-0.05, 0) is 24.3 Å². The van der Waals surface area contributed by atoms with Crippen LogP contribution in [0, 0.1) is 0 Å². The van der Waals surface area contributed by atoms with E-state index in [0.717, 1.165) is 0 Å². The van der Waals surface area contributed by atoms with Crippen molar-refractivity contribution in [1.82, 2.24) is 4.98 Å². The number of nitrogens with zero attached hydrogens (tertiary/aromatic N) is 1. The van der Waals surface area contributed by atoms with E-state index >= 15 is 0 Å². The maximum absolute atomic E-state index is 12.2. The minimum atomic E-state index is -4.02. The van der Waals surface area contributed by atoms with E-state index in [1.807, 2.05) is 0 Å². The molecule has 0 bridgehead atoms. The van der Waals surface area contributed by atoms with Crippen LogP contribution >= 0.6 is 0 Å². The highest BCUT2D eigenvalue weighted by Crippen LogP contribution is 2.22. The van der Waals surface area contributed by atoms with Gasteiger partial charge >= 0.3 is 16.1 Å². The molecule has 2 aromatic rings. The fourth-order valence-electron chi connectivity index (χ4n) is 1.70. The average Bonchev–Trinajstić information content (AvgIpc) is 2.49. The van der Waals surface area contributed by atoms with Crippen molar-refractivity contribution in [3.8, 4) is 5.75 Å². The van der Waals surface area contributed by atoms with Crippen LogP contribution in [0.2, 0.25) is 0 Å². The summed E-state index contributed by atoms with van der Waals surface area (Å²) in [6.07, 6.45) is 1.27. The number of nitrogens with two attached hydrogens (primary N) is 1. The maximum atomic E-state index is 12.2. The smallest absolute Gasteiger partial charge is 0.339 e. The lowest BCUT2D eigenvalue weighted by Gasteiger charge is -2.12. The highest BCUT2D eigenvalue weighted by atomic mass is 32.2. The number of pyridine rings is 1. The largest absolute Gasteiger partial charge is 0.480 e. The molecule has 0 saturated carbocycles. The van der Waals surface area contributed by atoms with Crippen LogP contribution in [0.25, 0.3) is 0 Å². The maximum Gasteiger partial charge on any atom is 0.339 e. The molecule has 3 N–H and O–H groups in total. The lowest BCUT2D eigenvalue weighted by Crippen LogP contribution is -2.32. The third kappa shape index (κ3) is 3.80. The molecule has 0 amide bonds. The van der Waals surface area contributed by atoms with E-state index in [9.17, 15) is 13.2 Å². The summed E-state index contributed by atoms with van der Waals surface area (Å²) in [6, 6.07) is 9.31. The first-order chi connectivity index (χ1) is 10.4. The number of carboxylic acids is 1. The second kappa shape index (κ2) is 6.54. The third-order valence-corrected chi connectivity index (χ3v) is 4.06. The van der Waals surface area contributed by atoms with Gasteiger partial charge in [0.25, 0.3) is 0 Å². The zero-order valence-corrected chi connectivity index (χ0v) is 12.2. The van der Waals surface area contributed by atoms with Gasteiger partial charge in [0.1, 0.15) is 10.9 Å². The molecule has 1 atom stereocenters. The first kappa shape index (κ1) is 15.9. The number of hydrogen-bond donors (Lipinski definition) is 2. The number of rotatable bonds is 6. The molecule has 1 aromatic carbocycles. The first-order valence-corrected chi connectivity index (χ1v) is 7.73. The van der Waals surface area contributed by atoms with Crippen LogP contribution in [0.1, 0.15) is 5.69 Å². The highest BCUT2D eigenvalue weighted by molar-refractivity contribution is 7.87.